The number of hydrogen-bond acceptors (Lipinski definition) is 4. The van der Waals surface area contributed by atoms with E-state index in [4.69, 9.17) is 5.11 Å². The van der Waals surface area contributed by atoms with Gasteiger partial charge in [0.1, 0.15) is 5.82 Å². The summed E-state index contributed by atoms with van der Waals surface area (Å²) in [7, 11) is 1.69. The highest BCUT2D eigenvalue weighted by molar-refractivity contribution is 6.10. The number of amides is 1. The predicted molar refractivity (Wildman–Crippen MR) is 67.1 cm³/mol. The Morgan fingerprint density at radius 3 is 2.68 bits per heavy atom. The highest BCUT2D eigenvalue weighted by Gasteiger charge is 2.17. The zero-order valence-corrected chi connectivity index (χ0v) is 10.4. The molecule has 0 radical (unpaired) electrons. The number of pyridine rings is 1. The monoisotopic (exact) mass is 260 g/mol. The van der Waals surface area contributed by atoms with E-state index in [0.29, 0.717) is 5.82 Å². The molecule has 1 amide bonds. The van der Waals surface area contributed by atoms with Crippen LogP contribution in [-0.4, -0.2) is 31.7 Å². The third-order valence-electron chi connectivity index (χ3n) is 2.54. The summed E-state index contributed by atoms with van der Waals surface area (Å²) in [5.74, 6) is -1.21. The van der Waals surface area contributed by atoms with Crippen molar-refractivity contribution in [1.29, 1.82) is 0 Å². The fraction of sp³-hybridized carbons (Fsp3) is 0.167. The van der Waals surface area contributed by atoms with Crippen LogP contribution < -0.4 is 5.32 Å². The first kappa shape index (κ1) is 12.7. The first-order valence-corrected chi connectivity index (χ1v) is 5.48. The van der Waals surface area contributed by atoms with E-state index in [1.54, 1.807) is 20.0 Å². The molecule has 2 rings (SSSR count). The summed E-state index contributed by atoms with van der Waals surface area (Å²) in [5, 5.41) is 15.7. The molecule has 98 valence electrons. The first-order valence-electron chi connectivity index (χ1n) is 5.48. The molecule has 0 spiro atoms. The Labute approximate surface area is 108 Å². The lowest BCUT2D eigenvalue weighted by atomic mass is 10.1. The highest BCUT2D eigenvalue weighted by Crippen LogP contribution is 2.12. The molecule has 0 aliphatic heterocycles. The molecule has 19 heavy (non-hydrogen) atoms. The average Bonchev–Trinajstić information content (AvgIpc) is 2.67. The number of aromatic nitrogens is 3. The van der Waals surface area contributed by atoms with Crippen molar-refractivity contribution in [2.75, 3.05) is 5.32 Å². The third-order valence-corrected chi connectivity index (χ3v) is 2.54. The molecule has 0 unspecified atom stereocenters. The Kier molecular flexibility index (Phi) is 3.28. The number of aromatic carboxylic acids is 1. The summed E-state index contributed by atoms with van der Waals surface area (Å²) in [6.45, 7) is 1.80. The number of nitrogens with one attached hydrogen (secondary N) is 1. The van der Waals surface area contributed by atoms with Crippen molar-refractivity contribution in [1.82, 2.24) is 14.8 Å². The quantitative estimate of drug-likeness (QED) is 0.860. The Bertz CT molecular complexity index is 648. The third kappa shape index (κ3) is 2.59. The molecule has 7 heteroatoms. The predicted octanol–water partition coefficient (Wildman–Crippen LogP) is 1.07. The van der Waals surface area contributed by atoms with E-state index in [9.17, 15) is 9.59 Å². The minimum atomic E-state index is -1.19. The molecule has 0 aliphatic rings. The summed E-state index contributed by atoms with van der Waals surface area (Å²) in [6.07, 6.45) is 2.52. The molecular formula is C12H12N4O3. The van der Waals surface area contributed by atoms with Gasteiger partial charge in [0.15, 0.2) is 0 Å². The SMILES string of the molecule is Cc1cc(NC(=O)c2ccncc2C(=O)O)n(C)n1. The van der Waals surface area contributed by atoms with Crippen molar-refractivity contribution < 1.29 is 14.7 Å². The minimum absolute atomic E-state index is 0.0568. The zero-order valence-electron chi connectivity index (χ0n) is 10.4. The number of carboxylic acid groups (broad SMARTS) is 1. The number of anilines is 1. The molecule has 2 N–H and O–H groups in total. The smallest absolute Gasteiger partial charge is 0.338 e. The van der Waals surface area contributed by atoms with Gasteiger partial charge in [-0.1, -0.05) is 0 Å². The normalized spacial score (nSPS) is 10.2. The van der Waals surface area contributed by atoms with Gasteiger partial charge in [-0.25, -0.2) is 4.79 Å². The van der Waals surface area contributed by atoms with Crippen LogP contribution >= 0.6 is 0 Å². The van der Waals surface area contributed by atoms with Crippen LogP contribution in [0.1, 0.15) is 26.4 Å². The van der Waals surface area contributed by atoms with Crippen LogP contribution in [0.15, 0.2) is 24.5 Å². The summed E-state index contributed by atoms with van der Waals surface area (Å²) in [4.78, 5) is 26.8. The second-order valence-corrected chi connectivity index (χ2v) is 3.98. The number of aryl methyl sites for hydroxylation is 2. The van der Waals surface area contributed by atoms with Gasteiger partial charge in [0.2, 0.25) is 0 Å². The number of carbonyl (C=O) groups excluding carboxylic acids is 1. The Balaban J connectivity index is 2.30. The van der Waals surface area contributed by atoms with E-state index in [0.717, 1.165) is 11.9 Å². The summed E-state index contributed by atoms with van der Waals surface area (Å²) in [5.41, 5.74) is 0.672. The summed E-state index contributed by atoms with van der Waals surface area (Å²) >= 11 is 0. The van der Waals surface area contributed by atoms with Gasteiger partial charge in [-0.3, -0.25) is 14.5 Å². The van der Waals surface area contributed by atoms with Crippen molar-refractivity contribution in [2.45, 2.75) is 6.92 Å². The first-order chi connectivity index (χ1) is 8.99. The molecule has 0 saturated carbocycles. The lowest BCUT2D eigenvalue weighted by molar-refractivity contribution is 0.0692. The van der Waals surface area contributed by atoms with Gasteiger partial charge < -0.3 is 10.4 Å². The van der Waals surface area contributed by atoms with E-state index >= 15 is 0 Å². The van der Waals surface area contributed by atoms with Crippen LogP contribution in [0.2, 0.25) is 0 Å². The highest BCUT2D eigenvalue weighted by atomic mass is 16.4. The number of carboxylic acids is 1. The molecule has 0 aliphatic carbocycles. The Morgan fingerprint density at radius 2 is 2.11 bits per heavy atom. The second-order valence-electron chi connectivity index (χ2n) is 3.98. The topological polar surface area (TPSA) is 97.1 Å². The number of nitrogens with zero attached hydrogens (tertiary/aromatic N) is 3. The maximum absolute atomic E-state index is 12.1. The lowest BCUT2D eigenvalue weighted by Gasteiger charge is -2.07. The van der Waals surface area contributed by atoms with E-state index < -0.39 is 11.9 Å². The maximum Gasteiger partial charge on any atom is 0.338 e. The van der Waals surface area contributed by atoms with Crippen LogP contribution in [0.25, 0.3) is 0 Å². The van der Waals surface area contributed by atoms with Crippen molar-refractivity contribution in [3.63, 3.8) is 0 Å². The molecule has 0 fully saturated rings. The second kappa shape index (κ2) is 4.89. The molecule has 2 aromatic rings. The van der Waals surface area contributed by atoms with E-state index in [2.05, 4.69) is 15.4 Å². The number of carbonyl (C=O) groups is 2. The average molecular weight is 260 g/mol. The van der Waals surface area contributed by atoms with Crippen molar-refractivity contribution >= 4 is 17.7 Å². The van der Waals surface area contributed by atoms with Crippen LogP contribution in [-0.2, 0) is 7.05 Å². The zero-order chi connectivity index (χ0) is 14.0. The lowest BCUT2D eigenvalue weighted by Crippen LogP contribution is -2.18. The van der Waals surface area contributed by atoms with E-state index in [1.165, 1.54) is 16.9 Å². The summed E-state index contributed by atoms with van der Waals surface area (Å²) in [6, 6.07) is 3.06. The van der Waals surface area contributed by atoms with Crippen LogP contribution in [0.4, 0.5) is 5.82 Å². The maximum atomic E-state index is 12.1. The van der Waals surface area contributed by atoms with Gasteiger partial charge in [0.25, 0.3) is 5.91 Å². The molecule has 0 aromatic carbocycles. The molecule has 2 aromatic heterocycles. The van der Waals surface area contributed by atoms with E-state index in [-0.39, 0.29) is 11.1 Å². The molecular weight excluding hydrogens is 248 g/mol. The Hall–Kier alpha value is -2.70. The molecule has 2 heterocycles. The largest absolute Gasteiger partial charge is 0.478 e. The summed E-state index contributed by atoms with van der Waals surface area (Å²) < 4.78 is 1.51. The van der Waals surface area contributed by atoms with Crippen LogP contribution in [0.5, 0.6) is 0 Å². The van der Waals surface area contributed by atoms with E-state index in [1.807, 2.05) is 0 Å². The molecule has 0 saturated heterocycles. The Morgan fingerprint density at radius 1 is 1.37 bits per heavy atom. The number of rotatable bonds is 3. The fourth-order valence-electron chi connectivity index (χ4n) is 1.67. The minimum Gasteiger partial charge on any atom is -0.478 e. The van der Waals surface area contributed by atoms with Gasteiger partial charge >= 0.3 is 5.97 Å². The van der Waals surface area contributed by atoms with Crippen LogP contribution in [0.3, 0.4) is 0 Å². The molecule has 0 atom stereocenters. The van der Waals surface area contributed by atoms with Crippen molar-refractivity contribution in [3.8, 4) is 0 Å². The van der Waals surface area contributed by atoms with Gasteiger partial charge in [0, 0.05) is 25.5 Å². The van der Waals surface area contributed by atoms with Gasteiger partial charge in [-0.15, -0.1) is 0 Å². The van der Waals surface area contributed by atoms with Gasteiger partial charge in [0.05, 0.1) is 16.8 Å². The van der Waals surface area contributed by atoms with Crippen LogP contribution in [0, 0.1) is 6.92 Å². The molecule has 7 nitrogen and oxygen atoms in total. The van der Waals surface area contributed by atoms with Gasteiger partial charge in [-0.2, -0.15) is 5.10 Å². The fourth-order valence-corrected chi connectivity index (χ4v) is 1.67. The van der Waals surface area contributed by atoms with Crippen molar-refractivity contribution in [3.05, 3.63) is 41.3 Å². The molecule has 0 bridgehead atoms. The van der Waals surface area contributed by atoms with Gasteiger partial charge in [-0.05, 0) is 13.0 Å². The number of hydrogen-bond donors (Lipinski definition) is 2. The standard InChI is InChI=1S/C12H12N4O3/c1-7-5-10(16(2)15-7)14-11(17)8-3-4-13-6-9(8)12(18)19/h3-6H,1-2H3,(H,14,17)(H,18,19). The van der Waals surface area contributed by atoms with Crippen molar-refractivity contribution in [2.24, 2.45) is 7.05 Å².